The van der Waals surface area contributed by atoms with Crippen LogP contribution in [0.15, 0.2) is 24.4 Å². The van der Waals surface area contributed by atoms with E-state index >= 15 is 0 Å². The molecule has 0 atom stereocenters. The van der Waals surface area contributed by atoms with Crippen molar-refractivity contribution in [2.24, 2.45) is 0 Å². The van der Waals surface area contributed by atoms with Gasteiger partial charge in [-0.05, 0) is 12.1 Å². The van der Waals surface area contributed by atoms with E-state index in [2.05, 4.69) is 4.98 Å². The Morgan fingerprint density at radius 3 is 2.50 bits per heavy atom. The number of carbonyl (C=O) groups is 1. The summed E-state index contributed by atoms with van der Waals surface area (Å²) < 4.78 is 0. The van der Waals surface area contributed by atoms with Crippen LogP contribution >= 0.6 is 0 Å². The smallest absolute Gasteiger partial charge is 0.354 e. The third-order valence-electron chi connectivity index (χ3n) is 0.884. The zero-order valence-electron chi connectivity index (χ0n) is 4.93. The van der Waals surface area contributed by atoms with E-state index in [1.165, 1.54) is 12.3 Å². The van der Waals surface area contributed by atoms with Crippen molar-refractivity contribution >= 4 is 5.97 Å². The normalized spacial score (nSPS) is 8.00. The first-order valence-corrected chi connectivity index (χ1v) is 2.45. The number of hydrogen-bond acceptors (Lipinski definition) is 2. The number of aromatic nitrogens is 1. The number of rotatable bonds is 1. The van der Waals surface area contributed by atoms with Gasteiger partial charge in [0.1, 0.15) is 5.69 Å². The number of aromatic carboxylic acids is 1. The van der Waals surface area contributed by atoms with Crippen LogP contribution in [0.4, 0.5) is 0 Å². The van der Waals surface area contributed by atoms with Gasteiger partial charge >= 0.3 is 5.97 Å². The number of pyridine rings is 1. The first-order valence-electron chi connectivity index (χ1n) is 2.45. The number of carboxylic acids is 1. The first-order chi connectivity index (χ1) is 4.30. The summed E-state index contributed by atoms with van der Waals surface area (Å²) >= 11 is 0. The SMILES string of the molecule is O=C(O)c1ccccn1.[Pt]. The molecule has 0 aliphatic heterocycles. The minimum absolute atomic E-state index is 0. The van der Waals surface area contributed by atoms with E-state index < -0.39 is 5.97 Å². The minimum Gasteiger partial charge on any atom is -0.477 e. The fraction of sp³-hybridized carbons (Fsp3) is 0. The van der Waals surface area contributed by atoms with Crippen molar-refractivity contribution in [1.82, 2.24) is 4.98 Å². The van der Waals surface area contributed by atoms with Gasteiger partial charge in [-0.1, -0.05) is 6.07 Å². The van der Waals surface area contributed by atoms with Crippen LogP contribution in [0.25, 0.3) is 0 Å². The third kappa shape index (κ3) is 2.27. The molecule has 1 rings (SSSR count). The number of nitrogens with zero attached hydrogens (tertiary/aromatic N) is 1. The summed E-state index contributed by atoms with van der Waals surface area (Å²) in [6.07, 6.45) is 1.45. The maximum absolute atomic E-state index is 10.1. The summed E-state index contributed by atoms with van der Waals surface area (Å²) in [6, 6.07) is 4.76. The minimum atomic E-state index is -0.990. The predicted molar refractivity (Wildman–Crippen MR) is 31.2 cm³/mol. The van der Waals surface area contributed by atoms with Gasteiger partial charge in [-0.15, -0.1) is 0 Å². The molecular weight excluding hydrogens is 313 g/mol. The molecule has 0 bridgehead atoms. The molecule has 0 aliphatic carbocycles. The van der Waals surface area contributed by atoms with E-state index in [4.69, 9.17) is 5.11 Å². The van der Waals surface area contributed by atoms with Crippen molar-refractivity contribution < 1.29 is 31.0 Å². The van der Waals surface area contributed by atoms with Crippen molar-refractivity contribution in [2.75, 3.05) is 0 Å². The molecule has 0 saturated heterocycles. The van der Waals surface area contributed by atoms with E-state index in [0.717, 1.165) is 0 Å². The first kappa shape index (κ1) is 9.31. The van der Waals surface area contributed by atoms with Crippen molar-refractivity contribution in [3.8, 4) is 0 Å². The largest absolute Gasteiger partial charge is 0.477 e. The molecule has 10 heavy (non-hydrogen) atoms. The Balaban J connectivity index is 0.000000810. The van der Waals surface area contributed by atoms with Crippen LogP contribution in [0.3, 0.4) is 0 Å². The molecule has 1 heterocycles. The van der Waals surface area contributed by atoms with Gasteiger partial charge in [0.2, 0.25) is 0 Å². The molecule has 0 saturated carbocycles. The van der Waals surface area contributed by atoms with Gasteiger partial charge in [-0.3, -0.25) is 0 Å². The van der Waals surface area contributed by atoms with Crippen LogP contribution < -0.4 is 0 Å². The summed E-state index contributed by atoms with van der Waals surface area (Å²) in [7, 11) is 0. The van der Waals surface area contributed by atoms with Crippen LogP contribution in [0.2, 0.25) is 0 Å². The molecular formula is C6H5NO2Pt. The topological polar surface area (TPSA) is 50.2 Å². The van der Waals surface area contributed by atoms with Crippen molar-refractivity contribution in [1.29, 1.82) is 0 Å². The average Bonchev–Trinajstić information content (AvgIpc) is 1.90. The molecule has 3 nitrogen and oxygen atoms in total. The van der Waals surface area contributed by atoms with Crippen molar-refractivity contribution in [2.45, 2.75) is 0 Å². The molecule has 0 radical (unpaired) electrons. The second kappa shape index (κ2) is 4.18. The Morgan fingerprint density at radius 1 is 1.50 bits per heavy atom. The van der Waals surface area contributed by atoms with E-state index in [-0.39, 0.29) is 26.8 Å². The summed E-state index contributed by atoms with van der Waals surface area (Å²) in [5, 5.41) is 8.32. The molecule has 0 amide bonds. The van der Waals surface area contributed by atoms with Gasteiger partial charge in [0.15, 0.2) is 0 Å². The maximum atomic E-state index is 10.1. The zero-order valence-corrected chi connectivity index (χ0v) is 7.20. The molecule has 0 spiro atoms. The van der Waals surface area contributed by atoms with E-state index in [9.17, 15) is 4.79 Å². The van der Waals surface area contributed by atoms with Crippen molar-refractivity contribution in [3.63, 3.8) is 0 Å². The molecule has 1 aromatic heterocycles. The molecule has 4 heteroatoms. The predicted octanol–water partition coefficient (Wildman–Crippen LogP) is 0.777. The molecule has 1 aromatic rings. The molecule has 0 fully saturated rings. The van der Waals surface area contributed by atoms with E-state index in [0.29, 0.717) is 0 Å². The van der Waals surface area contributed by atoms with Gasteiger partial charge in [0.25, 0.3) is 0 Å². The van der Waals surface area contributed by atoms with Crippen LogP contribution in [-0.2, 0) is 21.1 Å². The standard InChI is InChI=1S/C6H5NO2.Pt/c8-6(9)5-3-1-2-4-7-5;/h1-4H,(H,8,9);. The van der Waals surface area contributed by atoms with Gasteiger partial charge in [-0.2, -0.15) is 0 Å². The van der Waals surface area contributed by atoms with Crippen LogP contribution in [0.1, 0.15) is 10.5 Å². The summed E-state index contributed by atoms with van der Waals surface area (Å²) in [5.74, 6) is -0.990. The van der Waals surface area contributed by atoms with Gasteiger partial charge in [-0.25, -0.2) is 9.78 Å². The van der Waals surface area contributed by atoms with Crippen molar-refractivity contribution in [3.05, 3.63) is 30.1 Å². The second-order valence-corrected chi connectivity index (χ2v) is 1.52. The Labute approximate surface area is 72.4 Å². The average molecular weight is 318 g/mol. The summed E-state index contributed by atoms with van der Waals surface area (Å²) in [6.45, 7) is 0. The Hall–Kier alpha value is -0.692. The van der Waals surface area contributed by atoms with Gasteiger partial charge < -0.3 is 5.11 Å². The van der Waals surface area contributed by atoms with E-state index in [1.807, 2.05) is 0 Å². The van der Waals surface area contributed by atoms with Crippen LogP contribution in [-0.4, -0.2) is 16.1 Å². The zero-order chi connectivity index (χ0) is 6.69. The molecule has 0 unspecified atom stereocenters. The Bertz CT molecular complexity index is 212. The number of carboxylic acid groups (broad SMARTS) is 1. The molecule has 0 aliphatic rings. The fourth-order valence-corrected chi connectivity index (χ4v) is 0.489. The number of hydrogen-bond donors (Lipinski definition) is 1. The Morgan fingerprint density at radius 2 is 2.20 bits per heavy atom. The van der Waals surface area contributed by atoms with Gasteiger partial charge in [0.05, 0.1) is 0 Å². The van der Waals surface area contributed by atoms with Gasteiger partial charge in [0, 0.05) is 27.3 Å². The third-order valence-corrected chi connectivity index (χ3v) is 0.884. The summed E-state index contributed by atoms with van der Waals surface area (Å²) in [5.41, 5.74) is 0.0810. The summed E-state index contributed by atoms with van der Waals surface area (Å²) in [4.78, 5) is 13.7. The quantitative estimate of drug-likeness (QED) is 0.832. The molecule has 0 aromatic carbocycles. The molecule has 56 valence electrons. The second-order valence-electron chi connectivity index (χ2n) is 1.52. The molecule has 1 N–H and O–H groups in total. The maximum Gasteiger partial charge on any atom is 0.354 e. The Kier molecular flexibility index (Phi) is 3.89. The fourth-order valence-electron chi connectivity index (χ4n) is 0.489. The van der Waals surface area contributed by atoms with E-state index in [1.54, 1.807) is 12.1 Å². The van der Waals surface area contributed by atoms with Crippen LogP contribution in [0.5, 0.6) is 0 Å². The van der Waals surface area contributed by atoms with Crippen LogP contribution in [0, 0.1) is 0 Å². The monoisotopic (exact) mass is 318 g/mol.